The molecule has 1 atom stereocenters. The van der Waals surface area contributed by atoms with Crippen LogP contribution >= 0.6 is 31.9 Å². The molecule has 1 unspecified atom stereocenters. The molecule has 0 aliphatic carbocycles. The van der Waals surface area contributed by atoms with E-state index in [1.165, 1.54) is 20.3 Å². The normalized spacial score (nSPS) is 13.3. The summed E-state index contributed by atoms with van der Waals surface area (Å²) in [5, 5.41) is 0. The predicted molar refractivity (Wildman–Crippen MR) is 69.6 cm³/mol. The largest absolute Gasteiger partial charge is 0.493 e. The van der Waals surface area contributed by atoms with E-state index >= 15 is 0 Å². The number of hydrogen-bond donors (Lipinski definition) is 0. The Morgan fingerprint density at radius 3 is 2.11 bits per heavy atom. The molecule has 1 aromatic rings. The molecule has 102 valence electrons. The Morgan fingerprint density at radius 2 is 1.67 bits per heavy atom. The molecule has 18 heavy (non-hydrogen) atoms. The van der Waals surface area contributed by atoms with Gasteiger partial charge in [-0.2, -0.15) is 13.2 Å². The van der Waals surface area contributed by atoms with E-state index < -0.39 is 17.4 Å². The Labute approximate surface area is 120 Å². The first-order valence-electron chi connectivity index (χ1n) is 4.90. The summed E-state index contributed by atoms with van der Waals surface area (Å²) in [5.74, 6) is 0.849. The molecule has 0 N–H and O–H groups in total. The molecular weight excluding hydrogens is 381 g/mol. The third kappa shape index (κ3) is 4.05. The molecule has 7 heteroatoms. The van der Waals surface area contributed by atoms with Crippen LogP contribution < -0.4 is 9.47 Å². The van der Waals surface area contributed by atoms with Crippen molar-refractivity contribution in [3.8, 4) is 11.5 Å². The highest BCUT2D eigenvalue weighted by atomic mass is 79.9. The van der Waals surface area contributed by atoms with Crippen molar-refractivity contribution in [2.75, 3.05) is 14.2 Å². The van der Waals surface area contributed by atoms with Gasteiger partial charge in [0, 0.05) is 9.30 Å². The third-order valence-corrected chi connectivity index (χ3v) is 3.75. The summed E-state index contributed by atoms with van der Waals surface area (Å²) in [7, 11) is 2.90. The van der Waals surface area contributed by atoms with Gasteiger partial charge in [0.15, 0.2) is 11.5 Å². The van der Waals surface area contributed by atoms with Crippen molar-refractivity contribution in [2.24, 2.45) is 0 Å². The SMILES string of the molecule is COc1cc(Br)c(C(Br)CC(F)(F)F)cc1OC. The number of halogens is 5. The van der Waals surface area contributed by atoms with Gasteiger partial charge in [0.1, 0.15) is 0 Å². The molecule has 0 heterocycles. The molecular formula is C11H11Br2F3O2. The second-order valence-corrected chi connectivity index (χ2v) is 5.48. The Kier molecular flexibility index (Phi) is 5.33. The van der Waals surface area contributed by atoms with Crippen LogP contribution in [0.15, 0.2) is 16.6 Å². The van der Waals surface area contributed by atoms with Gasteiger partial charge < -0.3 is 9.47 Å². The molecule has 0 radical (unpaired) electrons. The van der Waals surface area contributed by atoms with Crippen molar-refractivity contribution in [2.45, 2.75) is 17.4 Å². The van der Waals surface area contributed by atoms with Crippen LogP contribution in [0.3, 0.4) is 0 Å². The molecule has 0 aliphatic heterocycles. The quantitative estimate of drug-likeness (QED) is 0.682. The maximum absolute atomic E-state index is 12.4. The second kappa shape index (κ2) is 6.14. The van der Waals surface area contributed by atoms with Crippen LogP contribution in [0.2, 0.25) is 0 Å². The molecule has 0 bridgehead atoms. The average molecular weight is 392 g/mol. The Bertz CT molecular complexity index is 421. The molecule has 0 saturated heterocycles. The second-order valence-electron chi connectivity index (χ2n) is 3.52. The summed E-state index contributed by atoms with van der Waals surface area (Å²) in [6, 6.07) is 3.10. The first kappa shape index (κ1) is 15.6. The van der Waals surface area contributed by atoms with E-state index in [2.05, 4.69) is 31.9 Å². The number of alkyl halides is 4. The van der Waals surface area contributed by atoms with E-state index in [-0.39, 0.29) is 0 Å². The standard InChI is InChI=1S/C11H11Br2F3O2/c1-17-9-3-6(7(12)4-10(9)18-2)8(13)5-11(14,15)16/h3-4,8H,5H2,1-2H3. The molecule has 0 fully saturated rings. The number of rotatable bonds is 4. The summed E-state index contributed by atoms with van der Waals surface area (Å²) in [6.07, 6.45) is -5.19. The summed E-state index contributed by atoms with van der Waals surface area (Å²) in [4.78, 5) is -0.841. The Hall–Kier alpha value is -0.430. The molecule has 0 aliphatic rings. The number of ether oxygens (including phenoxy) is 2. The highest BCUT2D eigenvalue weighted by Gasteiger charge is 2.32. The molecule has 1 aromatic carbocycles. The molecule has 1 rings (SSSR count). The topological polar surface area (TPSA) is 18.5 Å². The van der Waals surface area contributed by atoms with Crippen molar-refractivity contribution in [3.63, 3.8) is 0 Å². The lowest BCUT2D eigenvalue weighted by Crippen LogP contribution is -2.11. The number of hydrogen-bond acceptors (Lipinski definition) is 2. The van der Waals surface area contributed by atoms with Crippen LogP contribution in [0, 0.1) is 0 Å². The van der Waals surface area contributed by atoms with Gasteiger partial charge in [0.2, 0.25) is 0 Å². The molecule has 0 spiro atoms. The van der Waals surface area contributed by atoms with Crippen LogP contribution in [0.25, 0.3) is 0 Å². The Morgan fingerprint density at radius 1 is 1.17 bits per heavy atom. The number of methoxy groups -OCH3 is 2. The average Bonchev–Trinajstić information content (AvgIpc) is 2.26. The van der Waals surface area contributed by atoms with Crippen LogP contribution in [0.4, 0.5) is 13.2 Å². The highest BCUT2D eigenvalue weighted by molar-refractivity contribution is 9.11. The van der Waals surface area contributed by atoms with Crippen LogP contribution in [-0.4, -0.2) is 20.4 Å². The first-order valence-corrected chi connectivity index (χ1v) is 6.61. The van der Waals surface area contributed by atoms with Crippen LogP contribution in [0.5, 0.6) is 11.5 Å². The van der Waals surface area contributed by atoms with Crippen molar-refractivity contribution in [3.05, 3.63) is 22.2 Å². The van der Waals surface area contributed by atoms with E-state index in [9.17, 15) is 13.2 Å². The molecule has 2 nitrogen and oxygen atoms in total. The lowest BCUT2D eigenvalue weighted by molar-refractivity contribution is -0.134. The van der Waals surface area contributed by atoms with Gasteiger partial charge in [-0.15, -0.1) is 0 Å². The fraction of sp³-hybridized carbons (Fsp3) is 0.455. The summed E-state index contributed by atoms with van der Waals surface area (Å²) >= 11 is 6.26. The van der Waals surface area contributed by atoms with Gasteiger partial charge in [-0.1, -0.05) is 31.9 Å². The summed E-state index contributed by atoms with van der Waals surface area (Å²) in [5.41, 5.74) is 0.463. The fourth-order valence-electron chi connectivity index (χ4n) is 1.42. The van der Waals surface area contributed by atoms with E-state index in [4.69, 9.17) is 9.47 Å². The minimum atomic E-state index is -4.24. The zero-order valence-electron chi connectivity index (χ0n) is 9.65. The maximum atomic E-state index is 12.4. The Balaban J connectivity index is 3.09. The fourth-order valence-corrected chi connectivity index (χ4v) is 3.07. The first-order chi connectivity index (χ1) is 8.28. The van der Waals surface area contributed by atoms with Gasteiger partial charge in [-0.3, -0.25) is 0 Å². The van der Waals surface area contributed by atoms with Gasteiger partial charge in [0.05, 0.1) is 20.6 Å². The summed E-state index contributed by atoms with van der Waals surface area (Å²) in [6.45, 7) is 0. The van der Waals surface area contributed by atoms with Crippen molar-refractivity contribution in [1.82, 2.24) is 0 Å². The predicted octanol–water partition coefficient (Wildman–Crippen LogP) is 4.85. The lowest BCUT2D eigenvalue weighted by Gasteiger charge is -2.17. The zero-order valence-corrected chi connectivity index (χ0v) is 12.8. The third-order valence-electron chi connectivity index (χ3n) is 2.25. The van der Waals surface area contributed by atoms with Crippen LogP contribution in [-0.2, 0) is 0 Å². The van der Waals surface area contributed by atoms with E-state index in [0.29, 0.717) is 21.5 Å². The van der Waals surface area contributed by atoms with Crippen LogP contribution in [0.1, 0.15) is 16.8 Å². The smallest absolute Gasteiger partial charge is 0.390 e. The molecule has 0 amide bonds. The lowest BCUT2D eigenvalue weighted by atomic mass is 10.1. The number of benzene rings is 1. The van der Waals surface area contributed by atoms with Gasteiger partial charge in [-0.05, 0) is 17.7 Å². The summed E-state index contributed by atoms with van der Waals surface area (Å²) < 4.78 is 47.7. The van der Waals surface area contributed by atoms with Gasteiger partial charge >= 0.3 is 6.18 Å². The minimum absolute atomic E-state index is 0.391. The van der Waals surface area contributed by atoms with E-state index in [1.54, 1.807) is 6.07 Å². The van der Waals surface area contributed by atoms with E-state index in [0.717, 1.165) is 0 Å². The zero-order chi connectivity index (χ0) is 13.9. The molecule has 0 saturated carbocycles. The van der Waals surface area contributed by atoms with Crippen molar-refractivity contribution in [1.29, 1.82) is 0 Å². The van der Waals surface area contributed by atoms with Gasteiger partial charge in [0.25, 0.3) is 0 Å². The van der Waals surface area contributed by atoms with Gasteiger partial charge in [-0.25, -0.2) is 0 Å². The van der Waals surface area contributed by atoms with E-state index in [1.807, 2.05) is 0 Å². The van der Waals surface area contributed by atoms with Crippen molar-refractivity contribution < 1.29 is 22.6 Å². The monoisotopic (exact) mass is 390 g/mol. The minimum Gasteiger partial charge on any atom is -0.493 e. The molecule has 0 aromatic heterocycles. The highest BCUT2D eigenvalue weighted by Crippen LogP contribution is 2.42. The maximum Gasteiger partial charge on any atom is 0.390 e. The van der Waals surface area contributed by atoms with Crippen molar-refractivity contribution >= 4 is 31.9 Å².